The van der Waals surface area contributed by atoms with Crippen LogP contribution in [-0.2, 0) is 48.6 Å². The first-order valence-electron chi connectivity index (χ1n) is 30.8. The lowest BCUT2D eigenvalue weighted by Gasteiger charge is -2.40. The molecule has 0 heterocycles. The highest BCUT2D eigenvalue weighted by Crippen LogP contribution is 2.57. The number of aliphatic hydroxyl groups is 3. The quantitative estimate of drug-likeness (QED) is 0.0651. The molecule has 6 rings (SSSR count). The zero-order chi connectivity index (χ0) is 67.8. The highest BCUT2D eigenvalue weighted by atomic mass is 19.4. The van der Waals surface area contributed by atoms with Crippen LogP contribution in [0.2, 0.25) is 0 Å². The summed E-state index contributed by atoms with van der Waals surface area (Å²) in [5.41, 5.74) is -7.58. The number of ether oxygens (including phenoxy) is 2. The predicted octanol–water partition coefficient (Wildman–Crippen LogP) is 17.9. The zero-order valence-corrected chi connectivity index (χ0v) is 54.6. The highest BCUT2D eigenvalue weighted by molar-refractivity contribution is 6.08. The van der Waals surface area contributed by atoms with Gasteiger partial charge in [0.05, 0.1) is 18.3 Å². The van der Waals surface area contributed by atoms with Crippen molar-refractivity contribution < 1.29 is 97.9 Å². The highest BCUT2D eigenvalue weighted by Gasteiger charge is 2.57. The van der Waals surface area contributed by atoms with Crippen LogP contribution in [0.5, 0.6) is 0 Å². The topological polar surface area (TPSA) is 199 Å². The van der Waals surface area contributed by atoms with Crippen molar-refractivity contribution in [2.75, 3.05) is 13.2 Å². The molecule has 0 aromatic heterocycles. The molecule has 5 aliphatic carbocycles. The number of benzene rings is 1. The molecule has 12 atom stereocenters. The van der Waals surface area contributed by atoms with Gasteiger partial charge in [0, 0.05) is 24.7 Å². The molecule has 3 N–H and O–H groups in total. The fraction of sp³-hybridized carbons (Fsp3) is 0.814. The van der Waals surface area contributed by atoms with Gasteiger partial charge in [-0.1, -0.05) is 137 Å². The second kappa shape index (κ2) is 38.3. The van der Waals surface area contributed by atoms with Crippen molar-refractivity contribution in [2.45, 2.75) is 285 Å². The number of rotatable bonds is 15. The first-order valence-corrected chi connectivity index (χ1v) is 30.8. The Morgan fingerprint density at radius 3 is 1.44 bits per heavy atom. The van der Waals surface area contributed by atoms with Crippen molar-refractivity contribution in [2.24, 2.45) is 70.0 Å². The first-order chi connectivity index (χ1) is 39.4. The Hall–Kier alpha value is -4.24. The van der Waals surface area contributed by atoms with Crippen molar-refractivity contribution in [1.29, 1.82) is 0 Å². The molecule has 91 heavy (non-hydrogen) atoms. The third-order valence-corrected chi connectivity index (χ3v) is 19.4. The van der Waals surface area contributed by atoms with Gasteiger partial charge in [-0.25, -0.2) is 0 Å². The summed E-state index contributed by atoms with van der Waals surface area (Å²) in [6.07, 6.45) is -5.39. The molecule has 0 radical (unpaired) electrons. The van der Waals surface area contributed by atoms with Gasteiger partial charge in [-0.05, 0) is 169 Å². The van der Waals surface area contributed by atoms with Gasteiger partial charge in [0.2, 0.25) is 0 Å². The van der Waals surface area contributed by atoms with E-state index < -0.39 is 52.6 Å². The molecule has 12 nitrogen and oxygen atoms in total. The maximum atomic E-state index is 12.7. The lowest BCUT2D eigenvalue weighted by Crippen LogP contribution is -2.49. The standard InChI is InChI=1S/C13H21F3O.C13H23F3O.C13H17F3O.C12H20O5.C8H12O2.C7H10O2.4CH4/c1-7-8(2)11-5-9(7)4-10(11)6-12(3,17)13(14,15)16;2*1-4-9(2)10-5-7-11(8-6-10)12(3,17)13(14,15)16;1-5-12(3,4)11(15)17-7-6-16-10(14)8-9(2)13;1-8(2)4-6(9)3-7(10)5-8;1-4-5(2)7(9)3-6(4)8;;;;/h7-11,17H,4-6H2,1-3H3;9-11,17H,4-8H2,1-3H3;5-9,17H,4H2,1-3H3;5-8H2,1-4H3;3-5H2,1-2H3;4-5H,3H2,1-2H3;4*1H4. The maximum absolute atomic E-state index is 12.7. The number of Topliss-reactive ketones (excluding diaryl/α,β-unsaturated/α-hetero) is 5. The fourth-order valence-corrected chi connectivity index (χ4v) is 11.7. The summed E-state index contributed by atoms with van der Waals surface area (Å²) in [4.78, 5) is 76.3. The molecule has 0 amide bonds. The van der Waals surface area contributed by atoms with E-state index >= 15 is 0 Å². The molecule has 0 saturated heterocycles. The summed E-state index contributed by atoms with van der Waals surface area (Å²) >= 11 is 0. The van der Waals surface area contributed by atoms with E-state index in [1.165, 1.54) is 19.1 Å². The molecular weight excluding hydrogens is 1200 g/mol. The van der Waals surface area contributed by atoms with Crippen LogP contribution in [0.1, 0.15) is 261 Å². The number of hydrogen-bond acceptors (Lipinski definition) is 12. The molecule has 1 aromatic carbocycles. The molecule has 21 heteroatoms. The fourth-order valence-electron chi connectivity index (χ4n) is 11.7. The smallest absolute Gasteiger partial charge is 0.421 e. The average molecular weight is 1320 g/mol. The third-order valence-electron chi connectivity index (χ3n) is 19.4. The van der Waals surface area contributed by atoms with Gasteiger partial charge < -0.3 is 24.8 Å². The molecule has 2 bridgehead atoms. The Bertz CT molecular complexity index is 2340. The number of fused-ring (bicyclic) bond motifs is 2. The van der Waals surface area contributed by atoms with E-state index in [9.17, 15) is 88.4 Å². The number of ketones is 5. The number of halogens is 9. The second-order valence-corrected chi connectivity index (χ2v) is 27.4. The molecule has 5 saturated carbocycles. The van der Waals surface area contributed by atoms with Gasteiger partial charge in [0.25, 0.3) is 0 Å². The van der Waals surface area contributed by atoms with E-state index in [-0.39, 0.29) is 132 Å². The third kappa shape index (κ3) is 28.3. The van der Waals surface area contributed by atoms with E-state index in [2.05, 4.69) is 27.7 Å². The van der Waals surface area contributed by atoms with Crippen molar-refractivity contribution in [3.05, 3.63) is 35.4 Å². The van der Waals surface area contributed by atoms with Gasteiger partial charge >= 0.3 is 30.5 Å². The average Bonchev–Trinajstić information content (AvgIpc) is 1.70. The molecule has 0 aliphatic heterocycles. The van der Waals surface area contributed by atoms with Crippen LogP contribution in [0.25, 0.3) is 0 Å². The van der Waals surface area contributed by atoms with Gasteiger partial charge in [0.15, 0.2) is 16.8 Å². The number of esters is 2. The van der Waals surface area contributed by atoms with Crippen LogP contribution in [-0.4, -0.2) is 99.1 Å². The SMILES string of the molecule is C.C.C.C.CC1(C)CC(=O)CC(=O)C1.CC1C(=O)CC(=O)C1C.CC1C2CC(CC(C)(O)C(F)(F)F)C(C2)C1C.CCC(C)(C)C(=O)OCCOC(=O)CC(C)=O.CCC(C)C1CCC(C(C)(O)C(F)(F)F)CC1.CCC(C)c1ccc(C(C)(O)C(F)(F)F)cc1. The van der Waals surface area contributed by atoms with Crippen LogP contribution < -0.4 is 0 Å². The molecule has 5 fully saturated rings. The zero-order valence-electron chi connectivity index (χ0n) is 54.6. The van der Waals surface area contributed by atoms with Crippen LogP contribution in [0.3, 0.4) is 0 Å². The monoisotopic (exact) mass is 1320 g/mol. The summed E-state index contributed by atoms with van der Waals surface area (Å²) in [7, 11) is 0. The first kappa shape index (κ1) is 93.2. The Kier molecular flexibility index (Phi) is 39.3. The second-order valence-electron chi connectivity index (χ2n) is 27.4. The molecule has 12 unspecified atom stereocenters. The Balaban J connectivity index is -0.000000501. The number of carbonyl (C=O) groups is 7. The molecular formula is C70H119F9O12. The maximum Gasteiger partial charge on any atom is 0.421 e. The Labute approximate surface area is 540 Å². The lowest BCUT2D eigenvalue weighted by molar-refractivity contribution is -0.275. The van der Waals surface area contributed by atoms with Gasteiger partial charge in [-0.2, -0.15) is 39.5 Å². The predicted molar refractivity (Wildman–Crippen MR) is 341 cm³/mol. The molecule has 0 spiro atoms. The summed E-state index contributed by atoms with van der Waals surface area (Å²) in [5.74, 6) is 2.09. The molecule has 1 aromatic rings. The van der Waals surface area contributed by atoms with Gasteiger partial charge in [0.1, 0.15) is 48.6 Å². The number of hydrogen-bond donors (Lipinski definition) is 3. The van der Waals surface area contributed by atoms with E-state index in [1.807, 2.05) is 48.5 Å². The minimum Gasteiger partial charge on any atom is -0.462 e. The Morgan fingerprint density at radius 2 is 1.10 bits per heavy atom. The van der Waals surface area contributed by atoms with Crippen molar-refractivity contribution in [3.63, 3.8) is 0 Å². The minimum atomic E-state index is -4.66. The summed E-state index contributed by atoms with van der Waals surface area (Å²) in [6, 6.07) is 5.97. The van der Waals surface area contributed by atoms with Crippen molar-refractivity contribution in [3.8, 4) is 0 Å². The molecule has 5 aliphatic rings. The van der Waals surface area contributed by atoms with Gasteiger partial charge in [-0.15, -0.1) is 0 Å². The van der Waals surface area contributed by atoms with Crippen LogP contribution in [0.4, 0.5) is 39.5 Å². The van der Waals surface area contributed by atoms with E-state index in [0.717, 1.165) is 64.9 Å². The summed E-state index contributed by atoms with van der Waals surface area (Å²) in [6.45, 7) is 29.6. The number of carbonyl (C=O) groups excluding carboxylic acids is 7. The summed E-state index contributed by atoms with van der Waals surface area (Å²) in [5, 5.41) is 28.7. The van der Waals surface area contributed by atoms with E-state index in [0.29, 0.717) is 73.5 Å². The largest absolute Gasteiger partial charge is 0.462 e. The van der Waals surface area contributed by atoms with Gasteiger partial charge in [-0.3, -0.25) is 33.6 Å². The van der Waals surface area contributed by atoms with Crippen molar-refractivity contribution >= 4 is 40.9 Å². The van der Waals surface area contributed by atoms with E-state index in [4.69, 9.17) is 9.47 Å². The van der Waals surface area contributed by atoms with E-state index in [1.54, 1.807) is 26.0 Å². The van der Waals surface area contributed by atoms with Crippen LogP contribution in [0, 0.1) is 70.0 Å². The van der Waals surface area contributed by atoms with Crippen LogP contribution >= 0.6 is 0 Å². The Morgan fingerprint density at radius 1 is 0.637 bits per heavy atom. The molecule has 534 valence electrons. The van der Waals surface area contributed by atoms with Crippen molar-refractivity contribution in [1.82, 2.24) is 0 Å². The summed E-state index contributed by atoms with van der Waals surface area (Å²) < 4.78 is 123. The number of alkyl halides is 9. The van der Waals surface area contributed by atoms with Crippen LogP contribution in [0.15, 0.2) is 24.3 Å². The lowest BCUT2D eigenvalue weighted by atomic mass is 9.70. The normalized spacial score (nSPS) is 26.0. The minimum absolute atomic E-state index is 0.